The van der Waals surface area contributed by atoms with E-state index in [-0.39, 0.29) is 16.3 Å². The molecule has 0 aliphatic rings. The largest absolute Gasteiger partial charge is 0.433 e. The number of hydrogen-bond acceptors (Lipinski definition) is 4. The van der Waals surface area contributed by atoms with Crippen molar-refractivity contribution in [2.45, 2.75) is 38.8 Å². The summed E-state index contributed by atoms with van der Waals surface area (Å²) in [4.78, 5) is -0.0112. The van der Waals surface area contributed by atoms with E-state index >= 15 is 0 Å². The summed E-state index contributed by atoms with van der Waals surface area (Å²) in [7, 11) is -3.96. The zero-order chi connectivity index (χ0) is 17.2. The van der Waals surface area contributed by atoms with Crippen molar-refractivity contribution in [3.05, 3.63) is 35.7 Å². The minimum atomic E-state index is -3.96. The van der Waals surface area contributed by atoms with Crippen LogP contribution in [0.1, 0.15) is 18.2 Å². The first-order valence-corrected chi connectivity index (χ1v) is 8.33. The van der Waals surface area contributed by atoms with Crippen LogP contribution in [-0.2, 0) is 16.6 Å². The van der Waals surface area contributed by atoms with E-state index in [0.29, 0.717) is 17.8 Å². The minimum Gasteiger partial charge on any atom is -0.433 e. The molecule has 1 aromatic carbocycles. The van der Waals surface area contributed by atoms with Gasteiger partial charge in [0.15, 0.2) is 0 Å². The van der Waals surface area contributed by atoms with E-state index in [1.807, 2.05) is 6.92 Å². The Kier molecular flexibility index (Phi) is 4.88. The van der Waals surface area contributed by atoms with Crippen LogP contribution in [0.5, 0.6) is 5.75 Å². The zero-order valence-corrected chi connectivity index (χ0v) is 13.7. The van der Waals surface area contributed by atoms with Crippen LogP contribution >= 0.6 is 0 Å². The molecule has 6 nitrogen and oxygen atoms in total. The number of hydrogen-bond donors (Lipinski definition) is 1. The molecule has 0 aliphatic carbocycles. The molecule has 0 fully saturated rings. The standard InChI is InChI=1S/C14H17F2N3O3S/c1-4-19-10(3)13(8-17-19)23(20,21)18-11-6-5-9(2)7-12(11)22-14(15)16/h5-8,14,18H,4H2,1-3H3. The summed E-state index contributed by atoms with van der Waals surface area (Å²) in [6.45, 7) is 2.61. The Bertz CT molecular complexity index is 804. The maximum Gasteiger partial charge on any atom is 0.387 e. The van der Waals surface area contributed by atoms with Gasteiger partial charge < -0.3 is 4.74 Å². The van der Waals surface area contributed by atoms with E-state index in [9.17, 15) is 17.2 Å². The zero-order valence-electron chi connectivity index (χ0n) is 12.9. The number of rotatable bonds is 6. The fourth-order valence-corrected chi connectivity index (χ4v) is 3.37. The molecule has 0 radical (unpaired) electrons. The molecule has 1 heterocycles. The molecule has 9 heteroatoms. The van der Waals surface area contributed by atoms with E-state index in [2.05, 4.69) is 14.6 Å². The average molecular weight is 345 g/mol. The van der Waals surface area contributed by atoms with Crippen molar-refractivity contribution in [2.24, 2.45) is 0 Å². The van der Waals surface area contributed by atoms with Crippen LogP contribution in [0.4, 0.5) is 14.5 Å². The monoisotopic (exact) mass is 345 g/mol. The normalized spacial score (nSPS) is 11.7. The van der Waals surface area contributed by atoms with Gasteiger partial charge in [0.1, 0.15) is 10.6 Å². The predicted octanol–water partition coefficient (Wildman–Crippen LogP) is 2.92. The molecule has 0 atom stereocenters. The summed E-state index contributed by atoms with van der Waals surface area (Å²) in [5.74, 6) is -0.232. The van der Waals surface area contributed by atoms with Crippen LogP contribution < -0.4 is 9.46 Å². The van der Waals surface area contributed by atoms with Crippen LogP contribution in [0.2, 0.25) is 0 Å². The molecule has 2 rings (SSSR count). The van der Waals surface area contributed by atoms with Crippen molar-refractivity contribution >= 4 is 15.7 Å². The number of nitrogens with one attached hydrogen (secondary N) is 1. The van der Waals surface area contributed by atoms with Gasteiger partial charge in [0, 0.05) is 6.54 Å². The Labute approximate surface area is 133 Å². The second kappa shape index (κ2) is 6.53. The molecule has 0 amide bonds. The molecule has 2 aromatic rings. The van der Waals surface area contributed by atoms with Gasteiger partial charge >= 0.3 is 6.61 Å². The Hall–Kier alpha value is -2.16. The van der Waals surface area contributed by atoms with Gasteiger partial charge in [0.05, 0.1) is 17.6 Å². The highest BCUT2D eigenvalue weighted by Gasteiger charge is 2.22. The van der Waals surface area contributed by atoms with Crippen LogP contribution in [-0.4, -0.2) is 24.8 Å². The molecule has 1 N–H and O–H groups in total. The van der Waals surface area contributed by atoms with Gasteiger partial charge in [-0.1, -0.05) is 6.07 Å². The third kappa shape index (κ3) is 3.79. The van der Waals surface area contributed by atoms with Crippen molar-refractivity contribution in [1.29, 1.82) is 0 Å². The number of nitrogens with zero attached hydrogens (tertiary/aromatic N) is 2. The maximum atomic E-state index is 12.5. The van der Waals surface area contributed by atoms with Gasteiger partial charge in [0.2, 0.25) is 0 Å². The van der Waals surface area contributed by atoms with E-state index in [4.69, 9.17) is 0 Å². The van der Waals surface area contributed by atoms with Crippen LogP contribution in [0.25, 0.3) is 0 Å². The molecule has 0 aliphatic heterocycles. The number of benzene rings is 1. The lowest BCUT2D eigenvalue weighted by atomic mass is 10.2. The van der Waals surface area contributed by atoms with Gasteiger partial charge in [-0.05, 0) is 38.5 Å². The lowest BCUT2D eigenvalue weighted by Crippen LogP contribution is -2.15. The van der Waals surface area contributed by atoms with Crippen molar-refractivity contribution in [1.82, 2.24) is 9.78 Å². The molecular formula is C14H17F2N3O3S. The molecule has 0 saturated carbocycles. The first kappa shape index (κ1) is 17.2. The SMILES string of the molecule is CCn1ncc(S(=O)(=O)Nc2ccc(C)cc2OC(F)F)c1C. The number of sulfonamides is 1. The lowest BCUT2D eigenvalue weighted by molar-refractivity contribution is -0.0493. The van der Waals surface area contributed by atoms with E-state index < -0.39 is 16.6 Å². The van der Waals surface area contributed by atoms with Gasteiger partial charge in [-0.2, -0.15) is 13.9 Å². The molecule has 0 saturated heterocycles. The summed E-state index contributed by atoms with van der Waals surface area (Å²) >= 11 is 0. The first-order valence-electron chi connectivity index (χ1n) is 6.85. The minimum absolute atomic E-state index is 0.0112. The molecule has 1 aromatic heterocycles. The maximum absolute atomic E-state index is 12.5. The van der Waals surface area contributed by atoms with Gasteiger partial charge in [-0.15, -0.1) is 0 Å². The summed E-state index contributed by atoms with van der Waals surface area (Å²) in [5.41, 5.74) is 1.07. The molecule has 0 bridgehead atoms. The number of aromatic nitrogens is 2. The predicted molar refractivity (Wildman–Crippen MR) is 81.3 cm³/mol. The highest BCUT2D eigenvalue weighted by atomic mass is 32.2. The first-order chi connectivity index (χ1) is 10.7. The number of anilines is 1. The number of alkyl halides is 2. The third-order valence-electron chi connectivity index (χ3n) is 3.24. The van der Waals surface area contributed by atoms with Crippen molar-refractivity contribution < 1.29 is 21.9 Å². The van der Waals surface area contributed by atoms with E-state index in [0.717, 1.165) is 0 Å². The van der Waals surface area contributed by atoms with Crippen LogP contribution in [0.15, 0.2) is 29.3 Å². The van der Waals surface area contributed by atoms with E-state index in [1.165, 1.54) is 23.0 Å². The number of halogens is 2. The van der Waals surface area contributed by atoms with Gasteiger partial charge in [0.25, 0.3) is 10.0 Å². The average Bonchev–Trinajstić information content (AvgIpc) is 2.83. The summed E-state index contributed by atoms with van der Waals surface area (Å²) in [5, 5.41) is 3.97. The fourth-order valence-electron chi connectivity index (χ4n) is 2.12. The van der Waals surface area contributed by atoms with Crippen molar-refractivity contribution in [2.75, 3.05) is 4.72 Å². The Morgan fingerprint density at radius 3 is 2.61 bits per heavy atom. The Morgan fingerprint density at radius 1 is 1.35 bits per heavy atom. The van der Waals surface area contributed by atoms with E-state index in [1.54, 1.807) is 19.9 Å². The van der Waals surface area contributed by atoms with Crippen LogP contribution in [0.3, 0.4) is 0 Å². The number of ether oxygens (including phenoxy) is 1. The highest BCUT2D eigenvalue weighted by Crippen LogP contribution is 2.30. The van der Waals surface area contributed by atoms with Crippen molar-refractivity contribution in [3.63, 3.8) is 0 Å². The smallest absolute Gasteiger partial charge is 0.387 e. The number of aryl methyl sites for hydroxylation is 2. The molecule has 126 valence electrons. The summed E-state index contributed by atoms with van der Waals surface area (Å²) in [6, 6.07) is 4.31. The second-order valence-corrected chi connectivity index (χ2v) is 6.54. The Balaban J connectivity index is 2.39. The lowest BCUT2D eigenvalue weighted by Gasteiger charge is -2.13. The topological polar surface area (TPSA) is 73.2 Å². The van der Waals surface area contributed by atoms with Gasteiger partial charge in [-0.25, -0.2) is 8.42 Å². The molecule has 0 unspecified atom stereocenters. The van der Waals surface area contributed by atoms with Gasteiger partial charge in [-0.3, -0.25) is 9.40 Å². The highest BCUT2D eigenvalue weighted by molar-refractivity contribution is 7.92. The van der Waals surface area contributed by atoms with Crippen molar-refractivity contribution in [3.8, 4) is 5.75 Å². The molecule has 23 heavy (non-hydrogen) atoms. The fraction of sp³-hybridized carbons (Fsp3) is 0.357. The Morgan fingerprint density at radius 2 is 2.04 bits per heavy atom. The second-order valence-electron chi connectivity index (χ2n) is 4.89. The third-order valence-corrected chi connectivity index (χ3v) is 4.71. The van der Waals surface area contributed by atoms with Crippen LogP contribution in [0, 0.1) is 13.8 Å². The molecule has 0 spiro atoms. The molecular weight excluding hydrogens is 328 g/mol. The quantitative estimate of drug-likeness (QED) is 0.874. The summed E-state index contributed by atoms with van der Waals surface area (Å²) in [6.07, 6.45) is 1.23. The summed E-state index contributed by atoms with van der Waals surface area (Å²) < 4.78 is 58.1.